The van der Waals surface area contributed by atoms with Crippen molar-refractivity contribution in [2.24, 2.45) is 0 Å². The molecular weight excluding hydrogens is 218 g/mol. The molecule has 0 spiro atoms. The Morgan fingerprint density at radius 3 is 2.56 bits per heavy atom. The number of nitrogens with one attached hydrogen (secondary N) is 1. The summed E-state index contributed by atoms with van der Waals surface area (Å²) in [7, 11) is 0. The lowest BCUT2D eigenvalue weighted by Gasteiger charge is -2.20. The lowest BCUT2D eigenvalue weighted by molar-refractivity contribution is 0.465. The standard InChI is InChI=1S/C17H19N/c1-13(14-7-3-2-4-8-14)18-17-12-11-15-9-5-6-10-16(15)17/h2-10,13,17-18H,11-12H2,1H3/t13-,17?/m1/s1. The number of fused-ring (bicyclic) bond motifs is 1. The van der Waals surface area contributed by atoms with Crippen LogP contribution < -0.4 is 5.32 Å². The zero-order chi connectivity index (χ0) is 12.4. The Labute approximate surface area is 109 Å². The Kier molecular flexibility index (Phi) is 3.16. The van der Waals surface area contributed by atoms with Crippen LogP contribution in [-0.4, -0.2) is 0 Å². The zero-order valence-corrected chi connectivity index (χ0v) is 10.8. The van der Waals surface area contributed by atoms with Gasteiger partial charge in [-0.3, -0.25) is 0 Å². The number of hydrogen-bond donors (Lipinski definition) is 1. The molecule has 1 heteroatoms. The molecular formula is C17H19N. The topological polar surface area (TPSA) is 12.0 Å². The summed E-state index contributed by atoms with van der Waals surface area (Å²) in [5.41, 5.74) is 4.36. The van der Waals surface area contributed by atoms with Crippen LogP contribution in [-0.2, 0) is 6.42 Å². The minimum absolute atomic E-state index is 0.405. The fourth-order valence-electron chi connectivity index (χ4n) is 2.87. The van der Waals surface area contributed by atoms with Gasteiger partial charge in [0.2, 0.25) is 0 Å². The molecule has 1 unspecified atom stereocenters. The molecule has 1 aliphatic carbocycles. The molecule has 1 nitrogen and oxygen atoms in total. The Hall–Kier alpha value is -1.60. The molecule has 0 saturated carbocycles. The van der Waals surface area contributed by atoms with Gasteiger partial charge < -0.3 is 5.32 Å². The van der Waals surface area contributed by atoms with E-state index in [1.807, 2.05) is 0 Å². The smallest absolute Gasteiger partial charge is 0.0331 e. The average molecular weight is 237 g/mol. The highest BCUT2D eigenvalue weighted by atomic mass is 14.9. The molecule has 2 aromatic carbocycles. The summed E-state index contributed by atoms with van der Waals surface area (Å²) in [5.74, 6) is 0. The summed E-state index contributed by atoms with van der Waals surface area (Å²) in [5, 5.41) is 3.75. The van der Waals surface area contributed by atoms with E-state index >= 15 is 0 Å². The van der Waals surface area contributed by atoms with Gasteiger partial charge in [-0.05, 0) is 36.5 Å². The summed E-state index contributed by atoms with van der Waals surface area (Å²) >= 11 is 0. The first-order valence-electron chi connectivity index (χ1n) is 6.73. The largest absolute Gasteiger partial charge is 0.303 e. The summed E-state index contributed by atoms with van der Waals surface area (Å²) in [6.45, 7) is 2.25. The van der Waals surface area contributed by atoms with Crippen molar-refractivity contribution in [2.45, 2.75) is 31.8 Å². The summed E-state index contributed by atoms with van der Waals surface area (Å²) < 4.78 is 0. The van der Waals surface area contributed by atoms with Gasteiger partial charge in [-0.1, -0.05) is 54.6 Å². The molecule has 0 bridgehead atoms. The maximum atomic E-state index is 3.75. The normalized spacial score (nSPS) is 19.5. The summed E-state index contributed by atoms with van der Waals surface area (Å²) in [4.78, 5) is 0. The molecule has 18 heavy (non-hydrogen) atoms. The molecule has 3 rings (SSSR count). The number of hydrogen-bond acceptors (Lipinski definition) is 1. The van der Waals surface area contributed by atoms with Crippen LogP contribution in [0.1, 0.15) is 42.1 Å². The Morgan fingerprint density at radius 1 is 1.00 bits per heavy atom. The number of aryl methyl sites for hydroxylation is 1. The second-order valence-electron chi connectivity index (χ2n) is 5.09. The van der Waals surface area contributed by atoms with Crippen LogP contribution in [0.3, 0.4) is 0 Å². The quantitative estimate of drug-likeness (QED) is 0.850. The van der Waals surface area contributed by atoms with Crippen molar-refractivity contribution in [2.75, 3.05) is 0 Å². The van der Waals surface area contributed by atoms with E-state index < -0.39 is 0 Å². The van der Waals surface area contributed by atoms with Crippen LogP contribution in [0.2, 0.25) is 0 Å². The van der Waals surface area contributed by atoms with Crippen LogP contribution in [0.4, 0.5) is 0 Å². The predicted molar refractivity (Wildman–Crippen MR) is 75.5 cm³/mol. The number of rotatable bonds is 3. The van der Waals surface area contributed by atoms with Crippen molar-refractivity contribution in [3.05, 3.63) is 71.3 Å². The maximum Gasteiger partial charge on any atom is 0.0331 e. The third kappa shape index (κ3) is 2.19. The van der Waals surface area contributed by atoms with Crippen molar-refractivity contribution in [1.29, 1.82) is 0 Å². The molecule has 0 saturated heterocycles. The van der Waals surface area contributed by atoms with Gasteiger partial charge in [0.05, 0.1) is 0 Å². The Bertz CT molecular complexity index is 518. The lowest BCUT2D eigenvalue weighted by atomic mass is 10.0. The fourth-order valence-corrected chi connectivity index (χ4v) is 2.87. The third-order valence-electron chi connectivity index (χ3n) is 3.88. The summed E-state index contributed by atoms with van der Waals surface area (Å²) in [6, 6.07) is 20.4. The molecule has 92 valence electrons. The molecule has 0 heterocycles. The first-order chi connectivity index (χ1) is 8.84. The second-order valence-corrected chi connectivity index (χ2v) is 5.09. The van der Waals surface area contributed by atoms with Gasteiger partial charge in [0.1, 0.15) is 0 Å². The Balaban J connectivity index is 1.75. The van der Waals surface area contributed by atoms with Gasteiger partial charge in [-0.15, -0.1) is 0 Å². The molecule has 0 amide bonds. The highest BCUT2D eigenvalue weighted by Crippen LogP contribution is 2.32. The summed E-state index contributed by atoms with van der Waals surface area (Å²) in [6.07, 6.45) is 2.42. The second kappa shape index (κ2) is 4.95. The Morgan fingerprint density at radius 2 is 1.72 bits per heavy atom. The lowest BCUT2D eigenvalue weighted by Crippen LogP contribution is -2.22. The van der Waals surface area contributed by atoms with Crippen molar-refractivity contribution >= 4 is 0 Å². The molecule has 0 fully saturated rings. The van der Waals surface area contributed by atoms with Crippen molar-refractivity contribution in [1.82, 2.24) is 5.32 Å². The van der Waals surface area contributed by atoms with Gasteiger partial charge in [0, 0.05) is 12.1 Å². The maximum absolute atomic E-state index is 3.75. The average Bonchev–Trinajstić information content (AvgIpc) is 2.83. The van der Waals surface area contributed by atoms with Crippen LogP contribution in [0.5, 0.6) is 0 Å². The van der Waals surface area contributed by atoms with E-state index in [9.17, 15) is 0 Å². The van der Waals surface area contributed by atoms with Crippen molar-refractivity contribution in [3.63, 3.8) is 0 Å². The van der Waals surface area contributed by atoms with E-state index in [1.54, 1.807) is 0 Å². The molecule has 0 aliphatic heterocycles. The zero-order valence-electron chi connectivity index (χ0n) is 10.8. The van der Waals surface area contributed by atoms with Crippen molar-refractivity contribution < 1.29 is 0 Å². The van der Waals surface area contributed by atoms with E-state index in [1.165, 1.54) is 29.5 Å². The van der Waals surface area contributed by atoms with Crippen LogP contribution in [0.15, 0.2) is 54.6 Å². The van der Waals surface area contributed by atoms with E-state index in [2.05, 4.69) is 66.8 Å². The van der Waals surface area contributed by atoms with E-state index in [0.717, 1.165) is 0 Å². The molecule has 0 aromatic heterocycles. The molecule has 1 aliphatic rings. The van der Waals surface area contributed by atoms with Gasteiger partial charge in [0.25, 0.3) is 0 Å². The third-order valence-corrected chi connectivity index (χ3v) is 3.88. The van der Waals surface area contributed by atoms with Gasteiger partial charge in [0.15, 0.2) is 0 Å². The van der Waals surface area contributed by atoms with E-state index in [-0.39, 0.29) is 0 Å². The predicted octanol–water partition coefficient (Wildman–Crippen LogP) is 4.02. The van der Waals surface area contributed by atoms with E-state index in [0.29, 0.717) is 12.1 Å². The van der Waals surface area contributed by atoms with Gasteiger partial charge in [-0.2, -0.15) is 0 Å². The number of benzene rings is 2. The van der Waals surface area contributed by atoms with Gasteiger partial charge in [-0.25, -0.2) is 0 Å². The molecule has 0 radical (unpaired) electrons. The molecule has 2 aromatic rings. The van der Waals surface area contributed by atoms with Crippen LogP contribution in [0, 0.1) is 0 Å². The monoisotopic (exact) mass is 237 g/mol. The first-order valence-corrected chi connectivity index (χ1v) is 6.73. The van der Waals surface area contributed by atoms with Crippen molar-refractivity contribution in [3.8, 4) is 0 Å². The minimum Gasteiger partial charge on any atom is -0.303 e. The van der Waals surface area contributed by atoms with Crippen LogP contribution in [0.25, 0.3) is 0 Å². The van der Waals surface area contributed by atoms with Crippen LogP contribution >= 0.6 is 0 Å². The highest BCUT2D eigenvalue weighted by Gasteiger charge is 2.23. The fraction of sp³-hybridized carbons (Fsp3) is 0.294. The SMILES string of the molecule is C[C@@H](NC1CCc2ccccc21)c1ccccc1. The molecule has 2 atom stereocenters. The van der Waals surface area contributed by atoms with E-state index in [4.69, 9.17) is 0 Å². The first kappa shape index (κ1) is 11.5. The highest BCUT2D eigenvalue weighted by molar-refractivity contribution is 5.34. The minimum atomic E-state index is 0.405. The molecule has 1 N–H and O–H groups in total. The van der Waals surface area contributed by atoms with Gasteiger partial charge >= 0.3 is 0 Å².